The summed E-state index contributed by atoms with van der Waals surface area (Å²) in [5.41, 5.74) is 1.29. The Bertz CT molecular complexity index is 583. The van der Waals surface area contributed by atoms with Gasteiger partial charge in [0.15, 0.2) is 0 Å². The average Bonchev–Trinajstić information content (AvgIpc) is 2.95. The van der Waals surface area contributed by atoms with Crippen molar-refractivity contribution >= 4 is 23.2 Å². The van der Waals surface area contributed by atoms with E-state index < -0.39 is 0 Å². The first-order valence-electron chi connectivity index (χ1n) is 6.45. The van der Waals surface area contributed by atoms with Gasteiger partial charge in [0, 0.05) is 29.6 Å². The van der Waals surface area contributed by atoms with Gasteiger partial charge in [0.25, 0.3) is 5.91 Å². The summed E-state index contributed by atoms with van der Waals surface area (Å²) in [6.07, 6.45) is 3.38. The number of imidazole rings is 1. The summed E-state index contributed by atoms with van der Waals surface area (Å²) >= 11 is 5.97. The molecule has 1 atom stereocenters. The third kappa shape index (κ3) is 3.30. The minimum Gasteiger partial charge on any atom is -0.385 e. The van der Waals surface area contributed by atoms with Gasteiger partial charge in [-0.15, -0.1) is 0 Å². The molecule has 0 aliphatic carbocycles. The molecule has 0 aliphatic heterocycles. The monoisotopic (exact) mass is 292 g/mol. The van der Waals surface area contributed by atoms with Gasteiger partial charge in [-0.2, -0.15) is 0 Å². The fraction of sp³-hybridized carbons (Fsp3) is 0.286. The van der Waals surface area contributed by atoms with E-state index in [2.05, 4.69) is 20.6 Å². The van der Waals surface area contributed by atoms with E-state index in [-0.39, 0.29) is 11.9 Å². The largest absolute Gasteiger partial charge is 0.385 e. The lowest BCUT2D eigenvalue weighted by molar-refractivity contribution is 0.0939. The molecule has 0 bridgehead atoms. The van der Waals surface area contributed by atoms with Crippen LogP contribution < -0.4 is 10.6 Å². The highest BCUT2D eigenvalue weighted by Gasteiger charge is 2.16. The predicted molar refractivity (Wildman–Crippen MR) is 80.1 cm³/mol. The van der Waals surface area contributed by atoms with Gasteiger partial charge in [-0.05, 0) is 32.0 Å². The normalized spacial score (nSPS) is 11.9. The molecule has 0 saturated carbocycles. The highest BCUT2D eigenvalue weighted by Crippen LogP contribution is 2.21. The second kappa shape index (κ2) is 6.43. The van der Waals surface area contributed by atoms with Crippen LogP contribution in [0.2, 0.25) is 5.02 Å². The molecule has 5 nitrogen and oxygen atoms in total. The minimum atomic E-state index is -0.203. The van der Waals surface area contributed by atoms with Crippen molar-refractivity contribution in [1.82, 2.24) is 15.3 Å². The van der Waals surface area contributed by atoms with Gasteiger partial charge < -0.3 is 15.6 Å². The molecule has 0 fully saturated rings. The van der Waals surface area contributed by atoms with Crippen LogP contribution in [-0.2, 0) is 0 Å². The van der Waals surface area contributed by atoms with Gasteiger partial charge in [-0.25, -0.2) is 4.98 Å². The van der Waals surface area contributed by atoms with Crippen molar-refractivity contribution in [1.29, 1.82) is 0 Å². The highest BCUT2D eigenvalue weighted by atomic mass is 35.5. The van der Waals surface area contributed by atoms with E-state index >= 15 is 0 Å². The van der Waals surface area contributed by atoms with Crippen molar-refractivity contribution in [3.8, 4) is 0 Å². The van der Waals surface area contributed by atoms with Crippen LogP contribution in [0.3, 0.4) is 0 Å². The summed E-state index contributed by atoms with van der Waals surface area (Å²) in [7, 11) is 0. The Morgan fingerprint density at radius 3 is 2.95 bits per heavy atom. The molecule has 1 amide bonds. The van der Waals surface area contributed by atoms with Gasteiger partial charge in [0.05, 0.1) is 11.6 Å². The minimum absolute atomic E-state index is 0.188. The van der Waals surface area contributed by atoms with E-state index in [1.165, 1.54) is 0 Å². The first-order valence-corrected chi connectivity index (χ1v) is 6.83. The van der Waals surface area contributed by atoms with Crippen LogP contribution in [-0.4, -0.2) is 22.4 Å². The van der Waals surface area contributed by atoms with Crippen molar-refractivity contribution in [3.63, 3.8) is 0 Å². The zero-order chi connectivity index (χ0) is 14.5. The number of carbonyl (C=O) groups excluding carboxylic acids is 1. The average molecular weight is 293 g/mol. The molecule has 1 aromatic heterocycles. The van der Waals surface area contributed by atoms with Crippen molar-refractivity contribution in [3.05, 3.63) is 47.0 Å². The number of halogens is 1. The van der Waals surface area contributed by atoms with Crippen LogP contribution in [0.15, 0.2) is 30.6 Å². The smallest absolute Gasteiger partial charge is 0.254 e. The topological polar surface area (TPSA) is 69.8 Å². The Hall–Kier alpha value is -2.01. The molecule has 1 unspecified atom stereocenters. The number of rotatable bonds is 5. The van der Waals surface area contributed by atoms with Crippen LogP contribution >= 0.6 is 11.6 Å². The van der Waals surface area contributed by atoms with Crippen molar-refractivity contribution in [2.75, 3.05) is 11.9 Å². The SMILES string of the molecule is CCNc1ccc(Cl)cc1C(=O)NC(C)c1ncc[nH]1. The molecule has 6 heteroatoms. The maximum Gasteiger partial charge on any atom is 0.254 e. The second-order valence-corrected chi connectivity index (χ2v) is 4.83. The van der Waals surface area contributed by atoms with Crippen LogP contribution in [0.1, 0.15) is 36.1 Å². The molecular formula is C14H17ClN4O. The van der Waals surface area contributed by atoms with E-state index in [9.17, 15) is 4.79 Å². The number of anilines is 1. The molecule has 0 saturated heterocycles. The lowest BCUT2D eigenvalue weighted by Crippen LogP contribution is -2.28. The molecule has 0 aliphatic rings. The van der Waals surface area contributed by atoms with E-state index in [1.54, 1.807) is 30.6 Å². The molecule has 2 aromatic rings. The number of carbonyl (C=O) groups is 1. The van der Waals surface area contributed by atoms with Gasteiger partial charge in [-0.3, -0.25) is 4.79 Å². The standard InChI is InChI=1S/C14H17ClN4O/c1-3-16-12-5-4-10(15)8-11(12)14(20)19-9(2)13-17-6-7-18-13/h4-9,16H,3H2,1-2H3,(H,17,18)(H,19,20). The van der Waals surface area contributed by atoms with Crippen LogP contribution in [0.5, 0.6) is 0 Å². The molecule has 106 valence electrons. The molecule has 1 aromatic carbocycles. The summed E-state index contributed by atoms with van der Waals surface area (Å²) in [6.45, 7) is 4.58. The molecule has 2 rings (SSSR count). The number of nitrogens with zero attached hydrogens (tertiary/aromatic N) is 1. The zero-order valence-corrected chi connectivity index (χ0v) is 12.2. The van der Waals surface area contributed by atoms with Crippen molar-refractivity contribution in [2.45, 2.75) is 19.9 Å². The zero-order valence-electron chi connectivity index (χ0n) is 11.4. The van der Waals surface area contributed by atoms with Crippen LogP contribution in [0.4, 0.5) is 5.69 Å². The molecule has 0 radical (unpaired) electrons. The summed E-state index contributed by atoms with van der Waals surface area (Å²) < 4.78 is 0. The number of benzene rings is 1. The Labute approximate surface area is 122 Å². The van der Waals surface area contributed by atoms with Crippen LogP contribution in [0, 0.1) is 0 Å². The molecule has 20 heavy (non-hydrogen) atoms. The molecular weight excluding hydrogens is 276 g/mol. The van der Waals surface area contributed by atoms with Gasteiger partial charge in [0.2, 0.25) is 0 Å². The molecule has 1 heterocycles. The number of amides is 1. The fourth-order valence-electron chi connectivity index (χ4n) is 1.91. The Balaban J connectivity index is 2.18. The fourth-order valence-corrected chi connectivity index (χ4v) is 2.08. The maximum absolute atomic E-state index is 12.3. The van der Waals surface area contributed by atoms with Gasteiger partial charge >= 0.3 is 0 Å². The Kier molecular flexibility index (Phi) is 4.63. The van der Waals surface area contributed by atoms with Crippen molar-refractivity contribution < 1.29 is 4.79 Å². The number of aromatic amines is 1. The van der Waals surface area contributed by atoms with Gasteiger partial charge in [-0.1, -0.05) is 11.6 Å². The third-order valence-electron chi connectivity index (χ3n) is 2.87. The summed E-state index contributed by atoms with van der Waals surface area (Å²) in [6, 6.07) is 5.01. The van der Waals surface area contributed by atoms with E-state index in [0.29, 0.717) is 16.4 Å². The number of H-pyrrole nitrogens is 1. The number of aromatic nitrogens is 2. The first kappa shape index (κ1) is 14.4. The predicted octanol–water partition coefficient (Wildman–Crippen LogP) is 2.99. The van der Waals surface area contributed by atoms with E-state index in [0.717, 1.165) is 12.2 Å². The molecule has 3 N–H and O–H groups in total. The summed E-state index contributed by atoms with van der Waals surface area (Å²) in [5, 5.41) is 6.57. The maximum atomic E-state index is 12.3. The number of hydrogen-bond donors (Lipinski definition) is 3. The lowest BCUT2D eigenvalue weighted by atomic mass is 10.1. The van der Waals surface area contributed by atoms with Crippen molar-refractivity contribution in [2.24, 2.45) is 0 Å². The Morgan fingerprint density at radius 2 is 2.30 bits per heavy atom. The summed E-state index contributed by atoms with van der Waals surface area (Å²) in [4.78, 5) is 19.5. The Morgan fingerprint density at radius 1 is 1.50 bits per heavy atom. The highest BCUT2D eigenvalue weighted by molar-refractivity contribution is 6.31. The summed E-state index contributed by atoms with van der Waals surface area (Å²) in [5.74, 6) is 0.526. The number of hydrogen-bond acceptors (Lipinski definition) is 3. The first-order chi connectivity index (χ1) is 9.61. The second-order valence-electron chi connectivity index (χ2n) is 4.39. The van der Waals surface area contributed by atoms with E-state index in [1.807, 2.05) is 13.8 Å². The van der Waals surface area contributed by atoms with Gasteiger partial charge in [0.1, 0.15) is 5.82 Å². The third-order valence-corrected chi connectivity index (χ3v) is 3.11. The molecule has 0 spiro atoms. The lowest BCUT2D eigenvalue weighted by Gasteiger charge is -2.15. The van der Waals surface area contributed by atoms with Crippen LogP contribution in [0.25, 0.3) is 0 Å². The number of nitrogens with one attached hydrogen (secondary N) is 3. The van der Waals surface area contributed by atoms with E-state index in [4.69, 9.17) is 11.6 Å². The quantitative estimate of drug-likeness (QED) is 0.793.